The van der Waals surface area contributed by atoms with Gasteiger partial charge in [0.2, 0.25) is 0 Å². The van der Waals surface area contributed by atoms with E-state index in [9.17, 15) is 0 Å². The van der Waals surface area contributed by atoms with Gasteiger partial charge in [-0.1, -0.05) is 0 Å². The molecule has 0 spiro atoms. The van der Waals surface area contributed by atoms with Crippen molar-refractivity contribution in [1.82, 2.24) is 0 Å². The van der Waals surface area contributed by atoms with Gasteiger partial charge in [-0.15, -0.1) is 0 Å². The van der Waals surface area contributed by atoms with E-state index >= 15 is 0 Å². The van der Waals surface area contributed by atoms with Crippen LogP contribution in [0.25, 0.3) is 0 Å². The average molecular weight is 449 g/mol. The van der Waals surface area contributed by atoms with Gasteiger partial charge in [0, 0.05) is 0 Å². The Morgan fingerprint density at radius 2 is 1.36 bits per heavy atom. The van der Waals surface area contributed by atoms with E-state index in [1.807, 2.05) is 6.66 Å². The Hall–Kier alpha value is 1.77. The van der Waals surface area contributed by atoms with Crippen LogP contribution in [0.2, 0.25) is 0 Å². The van der Waals surface area contributed by atoms with Gasteiger partial charge in [0.1, 0.15) is 12.7 Å². The lowest BCUT2D eigenvalue weighted by atomic mass is 10.6. The van der Waals surface area contributed by atoms with Gasteiger partial charge < -0.3 is 62.6 Å². The van der Waals surface area contributed by atoms with Gasteiger partial charge in [0.15, 0.2) is 12.7 Å². The first-order chi connectivity index (χ1) is 5.33. The van der Waals surface area contributed by atoms with E-state index in [0.717, 1.165) is 17.2 Å². The Bertz CT molecular complexity index is 138. The normalized spacial score (nSPS) is 11.6. The molecule has 6 heteroatoms. The SMILES string of the molecule is C[N+](C)(C)CC[P+](C)(CO)CO.[I-].[I-]. The molecule has 2 N–H and O–H groups in total. The van der Waals surface area contributed by atoms with Gasteiger partial charge in [-0.2, -0.15) is 0 Å². The number of halogens is 2. The predicted molar refractivity (Wildman–Crippen MR) is 54.8 cm³/mol. The van der Waals surface area contributed by atoms with Crippen molar-refractivity contribution in [2.45, 2.75) is 0 Å². The van der Waals surface area contributed by atoms with Crippen LogP contribution in [0.3, 0.4) is 0 Å². The summed E-state index contributed by atoms with van der Waals surface area (Å²) < 4.78 is 0.898. The summed E-state index contributed by atoms with van der Waals surface area (Å²) in [4.78, 5) is 0. The zero-order valence-electron chi connectivity index (χ0n) is 9.37. The van der Waals surface area contributed by atoms with Gasteiger partial charge in [0.05, 0.1) is 35.1 Å². The lowest BCUT2D eigenvalue weighted by molar-refractivity contribution is -0.867. The standard InChI is InChI=1S/C8H22NO2P.2HI/c1-9(2,3)5-6-12(4,7-10)8-11;;/h10-11H,5-8H2,1-4H3;2*1H/q+2;;/p-2. The second kappa shape index (κ2) is 8.87. The monoisotopic (exact) mass is 449 g/mol. The van der Waals surface area contributed by atoms with Gasteiger partial charge >= 0.3 is 0 Å². The van der Waals surface area contributed by atoms with Crippen molar-refractivity contribution in [3.05, 3.63) is 0 Å². The molecule has 0 amide bonds. The predicted octanol–water partition coefficient (Wildman–Crippen LogP) is -5.75. The van der Waals surface area contributed by atoms with Crippen molar-refractivity contribution in [3.63, 3.8) is 0 Å². The number of hydrogen-bond acceptors (Lipinski definition) is 2. The molecule has 0 unspecified atom stereocenters. The first kappa shape index (κ1) is 21.1. The fourth-order valence-electron chi connectivity index (χ4n) is 0.728. The maximum Gasteiger partial charge on any atom is 0.156 e. The van der Waals surface area contributed by atoms with Crippen molar-refractivity contribution < 1.29 is 62.6 Å². The van der Waals surface area contributed by atoms with E-state index < -0.39 is 7.26 Å². The number of aliphatic hydroxyl groups excluding tert-OH is 2. The van der Waals surface area contributed by atoms with Crippen molar-refractivity contribution in [2.24, 2.45) is 0 Å². The molecule has 14 heavy (non-hydrogen) atoms. The first-order valence-corrected chi connectivity index (χ1v) is 6.98. The fraction of sp³-hybridized carbons (Fsp3) is 1.00. The number of nitrogens with zero attached hydrogens (tertiary/aromatic N) is 1. The quantitative estimate of drug-likeness (QED) is 0.250. The Kier molecular flexibility index (Phi) is 13.4. The van der Waals surface area contributed by atoms with Crippen LogP contribution in [0.1, 0.15) is 0 Å². The van der Waals surface area contributed by atoms with Crippen molar-refractivity contribution in [3.8, 4) is 0 Å². The van der Waals surface area contributed by atoms with Gasteiger partial charge in [-0.3, -0.25) is 0 Å². The smallest absolute Gasteiger partial charge is 0.156 e. The van der Waals surface area contributed by atoms with Gasteiger partial charge in [-0.05, 0) is 0 Å². The molecular formula is C8H22I2NO2P. The molecule has 0 bridgehead atoms. The molecule has 0 rings (SSSR count). The van der Waals surface area contributed by atoms with Crippen LogP contribution in [0, 0.1) is 0 Å². The third kappa shape index (κ3) is 10.3. The third-order valence-electron chi connectivity index (χ3n) is 1.99. The molecule has 0 aliphatic carbocycles. The minimum Gasteiger partial charge on any atom is -1.00 e. The molecule has 0 aromatic heterocycles. The highest BCUT2D eigenvalue weighted by molar-refractivity contribution is 7.74. The summed E-state index contributed by atoms with van der Waals surface area (Å²) in [6, 6.07) is 0. The van der Waals surface area contributed by atoms with E-state index in [4.69, 9.17) is 10.2 Å². The van der Waals surface area contributed by atoms with Crippen LogP contribution >= 0.6 is 7.26 Å². The second-order valence-corrected chi connectivity index (χ2v) is 8.89. The minimum atomic E-state index is -1.43. The molecule has 0 heterocycles. The molecule has 0 aromatic rings. The maximum absolute atomic E-state index is 9.06. The molecule has 0 fully saturated rings. The Morgan fingerprint density at radius 1 is 1.00 bits per heavy atom. The van der Waals surface area contributed by atoms with E-state index in [-0.39, 0.29) is 60.6 Å². The molecule has 3 nitrogen and oxygen atoms in total. The summed E-state index contributed by atoms with van der Waals surface area (Å²) in [5.41, 5.74) is 0. The molecule has 90 valence electrons. The summed E-state index contributed by atoms with van der Waals surface area (Å²) in [6.07, 6.45) is 1.30. The van der Waals surface area contributed by atoms with E-state index in [1.165, 1.54) is 0 Å². The Morgan fingerprint density at radius 3 is 1.57 bits per heavy atom. The Balaban J connectivity index is -0.000000605. The highest BCUT2D eigenvalue weighted by Crippen LogP contribution is 2.52. The molecule has 0 aromatic carbocycles. The van der Waals surface area contributed by atoms with Crippen molar-refractivity contribution in [1.29, 1.82) is 0 Å². The summed E-state index contributed by atoms with van der Waals surface area (Å²) in [6.45, 7) is 3.04. The topological polar surface area (TPSA) is 40.5 Å². The van der Waals surface area contributed by atoms with Crippen LogP contribution in [-0.4, -0.2) is 67.9 Å². The summed E-state index contributed by atoms with van der Waals surface area (Å²) in [5, 5.41) is 18.1. The van der Waals surface area contributed by atoms with Gasteiger partial charge in [0.25, 0.3) is 0 Å². The van der Waals surface area contributed by atoms with E-state index in [0.29, 0.717) is 0 Å². The molecule has 0 aliphatic rings. The molecule has 0 saturated carbocycles. The molecular weight excluding hydrogens is 427 g/mol. The zero-order chi connectivity index (χ0) is 9.83. The highest BCUT2D eigenvalue weighted by atomic mass is 127. The molecule has 0 aliphatic heterocycles. The van der Waals surface area contributed by atoms with Crippen LogP contribution in [0.5, 0.6) is 0 Å². The minimum absolute atomic E-state index is 0. The lowest BCUT2D eigenvalue weighted by Gasteiger charge is -2.26. The van der Waals surface area contributed by atoms with Crippen molar-refractivity contribution >= 4 is 7.26 Å². The van der Waals surface area contributed by atoms with Crippen molar-refractivity contribution in [2.75, 3.05) is 53.2 Å². The van der Waals surface area contributed by atoms with Crippen LogP contribution < -0.4 is 48.0 Å². The van der Waals surface area contributed by atoms with E-state index in [2.05, 4.69) is 21.1 Å². The largest absolute Gasteiger partial charge is 1.00 e. The van der Waals surface area contributed by atoms with Crippen LogP contribution in [-0.2, 0) is 0 Å². The van der Waals surface area contributed by atoms with Crippen LogP contribution in [0.4, 0.5) is 0 Å². The van der Waals surface area contributed by atoms with Crippen LogP contribution in [0.15, 0.2) is 0 Å². The molecule has 0 radical (unpaired) electrons. The Labute approximate surface area is 122 Å². The van der Waals surface area contributed by atoms with E-state index in [1.54, 1.807) is 0 Å². The fourth-order valence-corrected chi connectivity index (χ4v) is 2.18. The number of quaternary nitrogens is 1. The summed E-state index contributed by atoms with van der Waals surface area (Å²) >= 11 is 0. The summed E-state index contributed by atoms with van der Waals surface area (Å²) in [7, 11) is 4.94. The molecule has 0 saturated heterocycles. The van der Waals surface area contributed by atoms with Gasteiger partial charge in [-0.25, -0.2) is 0 Å². The highest BCUT2D eigenvalue weighted by Gasteiger charge is 2.31. The number of rotatable bonds is 5. The maximum atomic E-state index is 9.06. The second-order valence-electron chi connectivity index (χ2n) is 4.64. The summed E-state index contributed by atoms with van der Waals surface area (Å²) in [5.74, 6) is 0. The average Bonchev–Trinajstić information content (AvgIpc) is 1.99. The molecule has 0 atom stereocenters. The lowest BCUT2D eigenvalue weighted by Crippen LogP contribution is -3.00. The number of hydrogen-bond donors (Lipinski definition) is 2. The number of aliphatic hydroxyl groups is 2. The zero-order valence-corrected chi connectivity index (χ0v) is 14.6. The third-order valence-corrected chi connectivity index (χ3v) is 4.64. The first-order valence-electron chi connectivity index (χ1n) is 4.19.